The Labute approximate surface area is 117 Å². The van der Waals surface area contributed by atoms with Crippen molar-refractivity contribution in [3.05, 3.63) is 40.1 Å². The van der Waals surface area contributed by atoms with Gasteiger partial charge >= 0.3 is 0 Å². The lowest BCUT2D eigenvalue weighted by atomic mass is 10.2. The summed E-state index contributed by atoms with van der Waals surface area (Å²) in [5.41, 5.74) is 3.18. The Balaban J connectivity index is 2.33. The van der Waals surface area contributed by atoms with Gasteiger partial charge in [-0.3, -0.25) is 0 Å². The van der Waals surface area contributed by atoms with Gasteiger partial charge in [-0.15, -0.1) is 5.10 Å². The van der Waals surface area contributed by atoms with Crippen LogP contribution >= 0.6 is 31.9 Å². The molecule has 0 spiro atoms. The second-order valence-electron chi connectivity index (χ2n) is 3.90. The summed E-state index contributed by atoms with van der Waals surface area (Å²) < 4.78 is 2.88. The Morgan fingerprint density at radius 3 is 2.82 bits per heavy atom. The molecule has 1 unspecified atom stereocenters. The monoisotopic (exact) mass is 357 g/mol. The molecule has 3 nitrogen and oxygen atoms in total. The van der Waals surface area contributed by atoms with Crippen molar-refractivity contribution in [2.75, 3.05) is 0 Å². The van der Waals surface area contributed by atoms with Crippen molar-refractivity contribution in [2.45, 2.75) is 25.1 Å². The molecule has 2 rings (SSSR count). The average Bonchev–Trinajstić information content (AvgIpc) is 2.81. The zero-order chi connectivity index (χ0) is 12.4. The standard InChI is InChI=1S/C12H13Br2N3/c1-3-10(13)12-7-17(16-15-12)9-5-4-8(2)11(14)6-9/h4-7,10H,3H2,1-2H3. The van der Waals surface area contributed by atoms with Crippen LogP contribution in [0.2, 0.25) is 0 Å². The fraction of sp³-hybridized carbons (Fsp3) is 0.333. The third-order valence-electron chi connectivity index (χ3n) is 2.61. The van der Waals surface area contributed by atoms with E-state index in [-0.39, 0.29) is 4.83 Å². The zero-order valence-electron chi connectivity index (χ0n) is 9.69. The Morgan fingerprint density at radius 1 is 1.41 bits per heavy atom. The summed E-state index contributed by atoms with van der Waals surface area (Å²) in [6, 6.07) is 6.14. The third-order valence-corrected chi connectivity index (χ3v) is 4.58. The second kappa shape index (κ2) is 5.31. The highest BCUT2D eigenvalue weighted by molar-refractivity contribution is 9.10. The summed E-state index contributed by atoms with van der Waals surface area (Å²) in [5, 5.41) is 8.31. The van der Waals surface area contributed by atoms with Crippen LogP contribution in [-0.4, -0.2) is 15.0 Å². The summed E-state index contributed by atoms with van der Waals surface area (Å²) in [4.78, 5) is 0.269. The van der Waals surface area contributed by atoms with Gasteiger partial charge in [-0.25, -0.2) is 4.68 Å². The molecule has 0 amide bonds. The van der Waals surface area contributed by atoms with Gasteiger partial charge in [0.2, 0.25) is 0 Å². The molecular formula is C12H13Br2N3. The Kier molecular flexibility index (Phi) is 3.99. The second-order valence-corrected chi connectivity index (χ2v) is 5.86. The van der Waals surface area contributed by atoms with Crippen molar-refractivity contribution in [3.63, 3.8) is 0 Å². The molecule has 90 valence electrons. The van der Waals surface area contributed by atoms with Gasteiger partial charge in [-0.05, 0) is 31.0 Å². The van der Waals surface area contributed by atoms with Gasteiger partial charge in [0.25, 0.3) is 0 Å². The van der Waals surface area contributed by atoms with Gasteiger partial charge in [0.15, 0.2) is 0 Å². The van der Waals surface area contributed by atoms with Crippen LogP contribution in [0, 0.1) is 6.92 Å². The average molecular weight is 359 g/mol. The van der Waals surface area contributed by atoms with E-state index in [1.165, 1.54) is 5.56 Å². The van der Waals surface area contributed by atoms with Gasteiger partial charge in [0.1, 0.15) is 0 Å². The summed E-state index contributed by atoms with van der Waals surface area (Å²) >= 11 is 7.09. The highest BCUT2D eigenvalue weighted by Gasteiger charge is 2.10. The lowest BCUT2D eigenvalue weighted by Crippen LogP contribution is -1.95. The van der Waals surface area contributed by atoms with Crippen LogP contribution in [0.4, 0.5) is 0 Å². The van der Waals surface area contributed by atoms with E-state index in [0.717, 1.165) is 22.3 Å². The van der Waals surface area contributed by atoms with E-state index in [1.54, 1.807) is 4.68 Å². The first-order valence-corrected chi connectivity index (χ1v) is 7.15. The molecule has 17 heavy (non-hydrogen) atoms. The van der Waals surface area contributed by atoms with Gasteiger partial charge in [0.05, 0.1) is 22.4 Å². The molecule has 0 saturated carbocycles. The zero-order valence-corrected chi connectivity index (χ0v) is 12.9. The van der Waals surface area contributed by atoms with Crippen LogP contribution in [0.15, 0.2) is 28.9 Å². The van der Waals surface area contributed by atoms with E-state index < -0.39 is 0 Å². The third kappa shape index (κ3) is 2.77. The Morgan fingerprint density at radius 2 is 2.18 bits per heavy atom. The van der Waals surface area contributed by atoms with Crippen molar-refractivity contribution in [1.29, 1.82) is 0 Å². The van der Waals surface area contributed by atoms with Crippen LogP contribution < -0.4 is 0 Å². The number of aromatic nitrogens is 3. The van der Waals surface area contributed by atoms with E-state index in [4.69, 9.17) is 0 Å². The summed E-state index contributed by atoms with van der Waals surface area (Å²) in [7, 11) is 0. The van der Waals surface area contributed by atoms with Crippen LogP contribution in [0.5, 0.6) is 0 Å². The molecule has 0 radical (unpaired) electrons. The maximum atomic E-state index is 4.17. The minimum Gasteiger partial charge on any atom is -0.220 e. The van der Waals surface area contributed by atoms with Gasteiger partial charge in [-0.2, -0.15) is 0 Å². The highest BCUT2D eigenvalue weighted by atomic mass is 79.9. The van der Waals surface area contributed by atoms with Crippen LogP contribution in [0.3, 0.4) is 0 Å². The summed E-state index contributed by atoms with van der Waals surface area (Å²) in [5.74, 6) is 0. The lowest BCUT2D eigenvalue weighted by molar-refractivity contribution is 0.790. The van der Waals surface area contributed by atoms with E-state index >= 15 is 0 Å². The predicted octanol–water partition coefficient (Wildman–Crippen LogP) is 4.18. The lowest BCUT2D eigenvalue weighted by Gasteiger charge is -2.03. The molecule has 0 aliphatic rings. The Hall–Kier alpha value is -0.680. The van der Waals surface area contributed by atoms with Crippen molar-refractivity contribution in [1.82, 2.24) is 15.0 Å². The minimum absolute atomic E-state index is 0.269. The largest absolute Gasteiger partial charge is 0.220 e. The van der Waals surface area contributed by atoms with Crippen molar-refractivity contribution >= 4 is 31.9 Å². The normalized spacial score (nSPS) is 12.7. The van der Waals surface area contributed by atoms with E-state index in [1.807, 2.05) is 18.3 Å². The molecule has 2 aromatic rings. The molecule has 0 fully saturated rings. The fourth-order valence-electron chi connectivity index (χ4n) is 1.48. The molecule has 0 saturated heterocycles. The first-order valence-electron chi connectivity index (χ1n) is 5.44. The van der Waals surface area contributed by atoms with E-state index in [9.17, 15) is 0 Å². The molecule has 0 bridgehead atoms. The summed E-state index contributed by atoms with van der Waals surface area (Å²) in [6.45, 7) is 4.17. The maximum absolute atomic E-state index is 4.17. The topological polar surface area (TPSA) is 30.7 Å². The quantitative estimate of drug-likeness (QED) is 0.770. The molecule has 1 aromatic heterocycles. The molecule has 1 aromatic carbocycles. The molecular weight excluding hydrogens is 346 g/mol. The smallest absolute Gasteiger partial charge is 0.0967 e. The fourth-order valence-corrected chi connectivity index (χ4v) is 2.06. The van der Waals surface area contributed by atoms with Gasteiger partial charge in [0, 0.05) is 4.47 Å². The highest BCUT2D eigenvalue weighted by Crippen LogP contribution is 2.25. The number of nitrogens with zero attached hydrogens (tertiary/aromatic N) is 3. The molecule has 1 atom stereocenters. The van der Waals surface area contributed by atoms with E-state index in [2.05, 4.69) is 62.1 Å². The number of halogens is 2. The van der Waals surface area contributed by atoms with Crippen LogP contribution in [0.25, 0.3) is 5.69 Å². The number of aryl methyl sites for hydroxylation is 1. The molecule has 5 heteroatoms. The van der Waals surface area contributed by atoms with Crippen molar-refractivity contribution in [2.24, 2.45) is 0 Å². The van der Waals surface area contributed by atoms with Gasteiger partial charge in [-0.1, -0.05) is 50.1 Å². The molecule has 0 aliphatic carbocycles. The minimum atomic E-state index is 0.269. The molecule has 0 N–H and O–H groups in total. The van der Waals surface area contributed by atoms with Crippen LogP contribution in [0.1, 0.15) is 29.4 Å². The number of hydrogen-bond donors (Lipinski definition) is 0. The number of alkyl halides is 1. The Bertz CT molecular complexity index is 522. The van der Waals surface area contributed by atoms with Gasteiger partial charge < -0.3 is 0 Å². The van der Waals surface area contributed by atoms with Crippen molar-refractivity contribution in [3.8, 4) is 5.69 Å². The maximum Gasteiger partial charge on any atom is 0.0967 e. The molecule has 0 aliphatic heterocycles. The number of rotatable bonds is 3. The van der Waals surface area contributed by atoms with Crippen LogP contribution in [-0.2, 0) is 0 Å². The predicted molar refractivity (Wildman–Crippen MR) is 75.8 cm³/mol. The van der Waals surface area contributed by atoms with Crippen molar-refractivity contribution < 1.29 is 0 Å². The number of hydrogen-bond acceptors (Lipinski definition) is 2. The molecule has 1 heterocycles. The SMILES string of the molecule is CCC(Br)c1cn(-c2ccc(C)c(Br)c2)nn1. The first-order chi connectivity index (χ1) is 8.11. The van der Waals surface area contributed by atoms with E-state index in [0.29, 0.717) is 0 Å². The number of benzene rings is 1. The first kappa shape index (κ1) is 12.8. The summed E-state index contributed by atoms with van der Waals surface area (Å²) in [6.07, 6.45) is 2.95.